The minimum Gasteiger partial charge on any atom is -0.330 e. The number of benzene rings is 2. The van der Waals surface area contributed by atoms with E-state index in [0.717, 1.165) is 28.9 Å². The van der Waals surface area contributed by atoms with Gasteiger partial charge in [0.2, 0.25) is 0 Å². The van der Waals surface area contributed by atoms with Crippen LogP contribution in [0.3, 0.4) is 0 Å². The van der Waals surface area contributed by atoms with E-state index >= 15 is 0 Å². The molecule has 4 heteroatoms. The summed E-state index contributed by atoms with van der Waals surface area (Å²) in [5.41, 5.74) is 7.92. The number of rotatable bonds is 5. The van der Waals surface area contributed by atoms with Crippen LogP contribution in [-0.4, -0.2) is 11.5 Å². The molecule has 0 aliphatic heterocycles. The largest absolute Gasteiger partial charge is 0.330 e. The predicted octanol–water partition coefficient (Wildman–Crippen LogP) is 3.80. The maximum Gasteiger partial charge on any atom is 0.123 e. The van der Waals surface area contributed by atoms with Gasteiger partial charge >= 0.3 is 0 Å². The summed E-state index contributed by atoms with van der Waals surface area (Å²) >= 11 is 1.71. The van der Waals surface area contributed by atoms with E-state index in [2.05, 4.69) is 11.1 Å². The van der Waals surface area contributed by atoms with Gasteiger partial charge in [0.25, 0.3) is 0 Å². The first-order valence-corrected chi connectivity index (χ1v) is 7.85. The van der Waals surface area contributed by atoms with Crippen LogP contribution in [-0.2, 0) is 12.8 Å². The van der Waals surface area contributed by atoms with Crippen molar-refractivity contribution in [2.24, 2.45) is 11.7 Å². The normalized spacial score (nSPS) is 12.7. The van der Waals surface area contributed by atoms with Crippen LogP contribution in [0.2, 0.25) is 0 Å². The van der Waals surface area contributed by atoms with Gasteiger partial charge in [0.05, 0.1) is 15.2 Å². The maximum atomic E-state index is 13.2. The standard InChI is InChI=1S/C17H17FN2S/c18-14-5-3-4-12(9-14)8-13(11-19)10-17-20-15-6-1-2-7-16(15)21-17/h1-7,9,13H,8,10-11,19H2. The fourth-order valence-electron chi connectivity index (χ4n) is 2.49. The molecule has 0 saturated heterocycles. The number of hydrogen-bond acceptors (Lipinski definition) is 3. The van der Waals surface area contributed by atoms with Crippen molar-refractivity contribution in [2.75, 3.05) is 6.54 Å². The average Bonchev–Trinajstić information content (AvgIpc) is 2.89. The number of halogens is 1. The van der Waals surface area contributed by atoms with Crippen LogP contribution in [0, 0.1) is 11.7 Å². The van der Waals surface area contributed by atoms with Gasteiger partial charge in [-0.1, -0.05) is 24.3 Å². The Morgan fingerprint density at radius 3 is 2.71 bits per heavy atom. The second-order valence-corrected chi connectivity index (χ2v) is 6.33. The van der Waals surface area contributed by atoms with Crippen LogP contribution in [0.15, 0.2) is 48.5 Å². The number of hydrogen-bond donors (Lipinski definition) is 1. The first-order valence-electron chi connectivity index (χ1n) is 7.03. The van der Waals surface area contributed by atoms with Crippen molar-refractivity contribution >= 4 is 21.6 Å². The van der Waals surface area contributed by atoms with E-state index in [4.69, 9.17) is 5.73 Å². The van der Waals surface area contributed by atoms with E-state index in [9.17, 15) is 4.39 Å². The van der Waals surface area contributed by atoms with Crippen molar-refractivity contribution in [2.45, 2.75) is 12.8 Å². The topological polar surface area (TPSA) is 38.9 Å². The second kappa shape index (κ2) is 6.33. The highest BCUT2D eigenvalue weighted by Gasteiger charge is 2.12. The molecule has 2 nitrogen and oxygen atoms in total. The second-order valence-electron chi connectivity index (χ2n) is 5.22. The molecule has 0 bridgehead atoms. The fourth-order valence-corrected chi connectivity index (χ4v) is 3.57. The van der Waals surface area contributed by atoms with Crippen molar-refractivity contribution in [1.82, 2.24) is 4.98 Å². The van der Waals surface area contributed by atoms with Gasteiger partial charge in [-0.3, -0.25) is 0 Å². The molecule has 0 saturated carbocycles. The van der Waals surface area contributed by atoms with Gasteiger partial charge < -0.3 is 5.73 Å². The number of fused-ring (bicyclic) bond motifs is 1. The summed E-state index contributed by atoms with van der Waals surface area (Å²) in [6.07, 6.45) is 1.62. The molecule has 0 amide bonds. The molecule has 0 spiro atoms. The highest BCUT2D eigenvalue weighted by molar-refractivity contribution is 7.18. The molecule has 21 heavy (non-hydrogen) atoms. The predicted molar refractivity (Wildman–Crippen MR) is 86.0 cm³/mol. The Balaban J connectivity index is 1.74. The molecule has 108 valence electrons. The van der Waals surface area contributed by atoms with E-state index in [1.165, 1.54) is 10.8 Å². The van der Waals surface area contributed by atoms with Gasteiger partial charge in [-0.15, -0.1) is 11.3 Å². The summed E-state index contributed by atoms with van der Waals surface area (Å²) in [4.78, 5) is 4.65. The quantitative estimate of drug-likeness (QED) is 0.778. The number of thiazole rings is 1. The van der Waals surface area contributed by atoms with Crippen LogP contribution in [0.1, 0.15) is 10.6 Å². The fraction of sp³-hybridized carbons (Fsp3) is 0.235. The number of nitrogens with two attached hydrogens (primary N) is 1. The van der Waals surface area contributed by atoms with Crippen molar-refractivity contribution in [3.63, 3.8) is 0 Å². The Kier molecular flexibility index (Phi) is 4.27. The third kappa shape index (κ3) is 3.46. The molecule has 2 aromatic carbocycles. The lowest BCUT2D eigenvalue weighted by atomic mass is 9.96. The molecule has 0 radical (unpaired) electrons. The van der Waals surface area contributed by atoms with Gasteiger partial charge in [-0.05, 0) is 48.7 Å². The van der Waals surface area contributed by atoms with Crippen LogP contribution in [0.5, 0.6) is 0 Å². The van der Waals surface area contributed by atoms with Gasteiger partial charge in [0, 0.05) is 6.42 Å². The first-order chi connectivity index (χ1) is 10.2. The molecule has 0 aliphatic carbocycles. The van der Waals surface area contributed by atoms with Gasteiger partial charge in [-0.25, -0.2) is 9.37 Å². The average molecular weight is 300 g/mol. The zero-order valence-electron chi connectivity index (χ0n) is 11.6. The molecule has 0 aliphatic rings. The third-order valence-corrected chi connectivity index (χ3v) is 4.61. The van der Waals surface area contributed by atoms with Crippen molar-refractivity contribution < 1.29 is 4.39 Å². The van der Waals surface area contributed by atoms with Crippen LogP contribution in [0.4, 0.5) is 4.39 Å². The van der Waals surface area contributed by atoms with Crippen molar-refractivity contribution in [3.8, 4) is 0 Å². The molecule has 2 N–H and O–H groups in total. The highest BCUT2D eigenvalue weighted by atomic mass is 32.1. The maximum absolute atomic E-state index is 13.2. The number of para-hydroxylation sites is 1. The molecule has 1 aromatic heterocycles. The van der Waals surface area contributed by atoms with E-state index in [1.807, 2.05) is 24.3 Å². The Morgan fingerprint density at radius 1 is 1.10 bits per heavy atom. The number of nitrogens with zero attached hydrogens (tertiary/aromatic N) is 1. The van der Waals surface area contributed by atoms with E-state index in [0.29, 0.717) is 6.54 Å². The SMILES string of the molecule is NCC(Cc1cccc(F)c1)Cc1nc2ccccc2s1. The van der Waals surface area contributed by atoms with Crippen LogP contribution in [0.25, 0.3) is 10.2 Å². The van der Waals surface area contributed by atoms with Gasteiger partial charge in [0.15, 0.2) is 0 Å². The van der Waals surface area contributed by atoms with Gasteiger partial charge in [-0.2, -0.15) is 0 Å². The summed E-state index contributed by atoms with van der Waals surface area (Å²) in [7, 11) is 0. The van der Waals surface area contributed by atoms with Gasteiger partial charge in [0.1, 0.15) is 5.82 Å². The molecular weight excluding hydrogens is 283 g/mol. The van der Waals surface area contributed by atoms with E-state index in [1.54, 1.807) is 23.5 Å². The monoisotopic (exact) mass is 300 g/mol. The molecule has 3 aromatic rings. The third-order valence-electron chi connectivity index (χ3n) is 3.55. The van der Waals surface area contributed by atoms with Crippen molar-refractivity contribution in [1.29, 1.82) is 0 Å². The Bertz CT molecular complexity index is 705. The van der Waals surface area contributed by atoms with Crippen LogP contribution >= 0.6 is 11.3 Å². The summed E-state index contributed by atoms with van der Waals surface area (Å²) < 4.78 is 14.4. The summed E-state index contributed by atoms with van der Waals surface area (Å²) in [5, 5.41) is 1.10. The lowest BCUT2D eigenvalue weighted by Crippen LogP contribution is -2.19. The smallest absolute Gasteiger partial charge is 0.123 e. The van der Waals surface area contributed by atoms with E-state index < -0.39 is 0 Å². The Morgan fingerprint density at radius 2 is 1.95 bits per heavy atom. The van der Waals surface area contributed by atoms with Crippen molar-refractivity contribution in [3.05, 3.63) is 64.9 Å². The zero-order chi connectivity index (χ0) is 14.7. The highest BCUT2D eigenvalue weighted by Crippen LogP contribution is 2.24. The molecule has 1 heterocycles. The molecule has 1 unspecified atom stereocenters. The first kappa shape index (κ1) is 14.2. The minimum absolute atomic E-state index is 0.191. The number of aromatic nitrogens is 1. The molecule has 3 rings (SSSR count). The van der Waals surface area contributed by atoms with Crippen LogP contribution < -0.4 is 5.73 Å². The Labute approximate surface area is 127 Å². The lowest BCUT2D eigenvalue weighted by molar-refractivity contribution is 0.529. The van der Waals surface area contributed by atoms with E-state index in [-0.39, 0.29) is 11.7 Å². The lowest BCUT2D eigenvalue weighted by Gasteiger charge is -2.13. The summed E-state index contributed by atoms with van der Waals surface area (Å²) in [5.74, 6) is 0.0932. The summed E-state index contributed by atoms with van der Waals surface area (Å²) in [6, 6.07) is 14.9. The minimum atomic E-state index is -0.191. The zero-order valence-corrected chi connectivity index (χ0v) is 12.4. The molecule has 1 atom stereocenters. The summed E-state index contributed by atoms with van der Waals surface area (Å²) in [6.45, 7) is 0.576. The molecular formula is C17H17FN2S. The Hall–Kier alpha value is -1.78. The molecule has 0 fully saturated rings.